The van der Waals surface area contributed by atoms with Gasteiger partial charge in [-0.3, -0.25) is 0 Å². The molecular weight excluding hydrogens is 218 g/mol. The molecule has 94 valence electrons. The van der Waals surface area contributed by atoms with Crippen molar-refractivity contribution in [1.82, 2.24) is 9.97 Å². The van der Waals surface area contributed by atoms with Gasteiger partial charge in [-0.05, 0) is 32.6 Å². The van der Waals surface area contributed by atoms with Crippen LogP contribution < -0.4 is 10.1 Å². The van der Waals surface area contributed by atoms with Crippen LogP contribution in [0.25, 0.3) is 0 Å². The van der Waals surface area contributed by atoms with Crippen LogP contribution >= 0.6 is 0 Å². The molecule has 5 heteroatoms. The Morgan fingerprint density at radius 3 is 2.88 bits per heavy atom. The lowest BCUT2D eigenvalue weighted by Gasteiger charge is -2.31. The van der Waals surface area contributed by atoms with Crippen molar-refractivity contribution in [3.05, 3.63) is 12.4 Å². The second-order valence-electron chi connectivity index (χ2n) is 4.78. The Bertz CT molecular complexity index is 365. The SMILES string of the molecule is CC(C)Oc1cc(NCC2CC(O)C2)ncn1. The Morgan fingerprint density at radius 1 is 1.47 bits per heavy atom. The van der Waals surface area contributed by atoms with Gasteiger partial charge in [0.15, 0.2) is 0 Å². The highest BCUT2D eigenvalue weighted by Crippen LogP contribution is 2.27. The molecule has 0 spiro atoms. The zero-order valence-electron chi connectivity index (χ0n) is 10.3. The monoisotopic (exact) mass is 237 g/mol. The van der Waals surface area contributed by atoms with E-state index in [2.05, 4.69) is 15.3 Å². The Hall–Kier alpha value is -1.36. The van der Waals surface area contributed by atoms with Crippen LogP contribution in [0.4, 0.5) is 5.82 Å². The van der Waals surface area contributed by atoms with Crippen LogP contribution in [-0.2, 0) is 0 Å². The number of hydrogen-bond donors (Lipinski definition) is 2. The lowest BCUT2D eigenvalue weighted by Crippen LogP contribution is -2.33. The standard InChI is InChI=1S/C12H19N3O2/c1-8(2)17-12-5-11(14-7-15-12)13-6-9-3-10(16)4-9/h5,7-10,16H,3-4,6H2,1-2H3,(H,13,14,15). The molecule has 0 bridgehead atoms. The quantitative estimate of drug-likeness (QED) is 0.811. The Kier molecular flexibility index (Phi) is 3.78. The summed E-state index contributed by atoms with van der Waals surface area (Å²) in [5, 5.41) is 12.4. The summed E-state index contributed by atoms with van der Waals surface area (Å²) in [7, 11) is 0. The van der Waals surface area contributed by atoms with Crippen molar-refractivity contribution in [2.75, 3.05) is 11.9 Å². The van der Waals surface area contributed by atoms with Crippen LogP contribution in [0.1, 0.15) is 26.7 Å². The van der Waals surface area contributed by atoms with Gasteiger partial charge in [0, 0.05) is 12.6 Å². The van der Waals surface area contributed by atoms with Crippen molar-refractivity contribution in [3.8, 4) is 5.88 Å². The lowest BCUT2D eigenvalue weighted by atomic mass is 9.82. The molecule has 1 aromatic heterocycles. The van der Waals surface area contributed by atoms with Gasteiger partial charge in [0.25, 0.3) is 0 Å². The number of nitrogens with one attached hydrogen (secondary N) is 1. The summed E-state index contributed by atoms with van der Waals surface area (Å²) < 4.78 is 5.49. The summed E-state index contributed by atoms with van der Waals surface area (Å²) in [5.74, 6) is 1.91. The molecule has 17 heavy (non-hydrogen) atoms. The van der Waals surface area contributed by atoms with Gasteiger partial charge in [-0.1, -0.05) is 0 Å². The number of aliphatic hydroxyl groups excluding tert-OH is 1. The van der Waals surface area contributed by atoms with Gasteiger partial charge in [-0.25, -0.2) is 9.97 Å². The van der Waals surface area contributed by atoms with Gasteiger partial charge >= 0.3 is 0 Å². The van der Waals surface area contributed by atoms with Crippen molar-refractivity contribution < 1.29 is 9.84 Å². The molecule has 0 amide bonds. The van der Waals surface area contributed by atoms with Crippen LogP contribution in [0.3, 0.4) is 0 Å². The van der Waals surface area contributed by atoms with Crippen molar-refractivity contribution in [2.24, 2.45) is 5.92 Å². The maximum absolute atomic E-state index is 9.19. The first-order valence-corrected chi connectivity index (χ1v) is 6.04. The highest BCUT2D eigenvalue weighted by Gasteiger charge is 2.26. The van der Waals surface area contributed by atoms with Crippen molar-refractivity contribution in [1.29, 1.82) is 0 Å². The number of aliphatic hydroxyl groups is 1. The average Bonchev–Trinajstić information content (AvgIpc) is 2.22. The maximum Gasteiger partial charge on any atom is 0.218 e. The smallest absolute Gasteiger partial charge is 0.218 e. The molecule has 0 aromatic carbocycles. The number of aromatic nitrogens is 2. The molecule has 2 N–H and O–H groups in total. The van der Waals surface area contributed by atoms with Crippen LogP contribution in [-0.4, -0.2) is 33.8 Å². The van der Waals surface area contributed by atoms with Crippen molar-refractivity contribution in [2.45, 2.75) is 38.9 Å². The molecule has 1 aromatic rings. The van der Waals surface area contributed by atoms with Crippen LogP contribution in [0.15, 0.2) is 12.4 Å². The number of rotatable bonds is 5. The maximum atomic E-state index is 9.19. The third-order valence-electron chi connectivity index (χ3n) is 2.78. The number of nitrogens with zero attached hydrogens (tertiary/aromatic N) is 2. The molecule has 1 fully saturated rings. The fourth-order valence-corrected chi connectivity index (χ4v) is 1.86. The molecular formula is C12H19N3O2. The first-order valence-electron chi connectivity index (χ1n) is 6.04. The van der Waals surface area contributed by atoms with E-state index in [-0.39, 0.29) is 12.2 Å². The molecule has 0 saturated heterocycles. The molecule has 1 saturated carbocycles. The van der Waals surface area contributed by atoms with E-state index in [1.165, 1.54) is 6.33 Å². The minimum atomic E-state index is -0.105. The number of hydrogen-bond acceptors (Lipinski definition) is 5. The summed E-state index contributed by atoms with van der Waals surface area (Å²) in [6.07, 6.45) is 3.27. The predicted octanol–water partition coefficient (Wildman–Crippen LogP) is 1.45. The molecule has 0 unspecified atom stereocenters. The third-order valence-corrected chi connectivity index (χ3v) is 2.78. The van der Waals surface area contributed by atoms with Crippen LogP contribution in [0.5, 0.6) is 5.88 Å². The Morgan fingerprint density at radius 2 is 2.24 bits per heavy atom. The molecule has 1 aliphatic rings. The molecule has 0 aliphatic heterocycles. The molecule has 5 nitrogen and oxygen atoms in total. The largest absolute Gasteiger partial charge is 0.475 e. The van der Waals surface area contributed by atoms with E-state index in [4.69, 9.17) is 4.74 Å². The first kappa shape index (κ1) is 12.1. The van der Waals surface area contributed by atoms with Gasteiger partial charge in [-0.2, -0.15) is 0 Å². The van der Waals surface area contributed by atoms with Crippen molar-refractivity contribution >= 4 is 5.82 Å². The Balaban J connectivity index is 1.83. The van der Waals surface area contributed by atoms with E-state index in [1.54, 1.807) is 6.07 Å². The topological polar surface area (TPSA) is 67.3 Å². The summed E-state index contributed by atoms with van der Waals surface area (Å²) in [6.45, 7) is 4.77. The summed E-state index contributed by atoms with van der Waals surface area (Å²) in [6, 6.07) is 1.80. The average molecular weight is 237 g/mol. The van der Waals surface area contributed by atoms with Gasteiger partial charge in [0.1, 0.15) is 12.1 Å². The molecule has 0 atom stereocenters. The predicted molar refractivity (Wildman–Crippen MR) is 65.0 cm³/mol. The van der Waals surface area contributed by atoms with E-state index in [1.807, 2.05) is 13.8 Å². The summed E-state index contributed by atoms with van der Waals surface area (Å²) in [5.41, 5.74) is 0. The first-order chi connectivity index (χ1) is 8.13. The minimum Gasteiger partial charge on any atom is -0.475 e. The zero-order chi connectivity index (χ0) is 12.3. The second-order valence-corrected chi connectivity index (χ2v) is 4.78. The van der Waals surface area contributed by atoms with Gasteiger partial charge in [0.05, 0.1) is 12.2 Å². The lowest BCUT2D eigenvalue weighted by molar-refractivity contribution is 0.0486. The van der Waals surface area contributed by atoms with Gasteiger partial charge < -0.3 is 15.2 Å². The molecule has 1 aliphatic carbocycles. The second kappa shape index (κ2) is 5.31. The molecule has 1 heterocycles. The highest BCUT2D eigenvalue weighted by molar-refractivity contribution is 5.37. The van der Waals surface area contributed by atoms with E-state index in [0.29, 0.717) is 11.8 Å². The van der Waals surface area contributed by atoms with E-state index >= 15 is 0 Å². The van der Waals surface area contributed by atoms with E-state index in [9.17, 15) is 5.11 Å². The third kappa shape index (κ3) is 3.56. The number of anilines is 1. The van der Waals surface area contributed by atoms with Gasteiger partial charge in [0.2, 0.25) is 5.88 Å². The number of ether oxygens (including phenoxy) is 1. The zero-order valence-corrected chi connectivity index (χ0v) is 10.3. The van der Waals surface area contributed by atoms with Crippen molar-refractivity contribution in [3.63, 3.8) is 0 Å². The van der Waals surface area contributed by atoms with Crippen LogP contribution in [0, 0.1) is 5.92 Å². The normalized spacial score (nSPS) is 23.3. The Labute approximate surface area is 101 Å². The fraction of sp³-hybridized carbons (Fsp3) is 0.667. The summed E-state index contributed by atoms with van der Waals surface area (Å²) in [4.78, 5) is 8.17. The summed E-state index contributed by atoms with van der Waals surface area (Å²) >= 11 is 0. The minimum absolute atomic E-state index is 0.105. The molecule has 0 radical (unpaired) electrons. The van der Waals surface area contributed by atoms with E-state index < -0.39 is 0 Å². The highest BCUT2D eigenvalue weighted by atomic mass is 16.5. The van der Waals surface area contributed by atoms with Crippen LogP contribution in [0.2, 0.25) is 0 Å². The fourth-order valence-electron chi connectivity index (χ4n) is 1.86. The van der Waals surface area contributed by atoms with Gasteiger partial charge in [-0.15, -0.1) is 0 Å². The van der Waals surface area contributed by atoms with E-state index in [0.717, 1.165) is 25.2 Å². The molecule has 2 rings (SSSR count).